The van der Waals surface area contributed by atoms with Crippen molar-refractivity contribution in [2.24, 2.45) is 0 Å². The molecule has 0 aliphatic heterocycles. The standard InChI is InChI=1S/C13H15N3O/c14-7-10-6-11(9-15-8-10)13(17)16-12-4-2-1-3-5-12/h6,8-9,12H,1-5H2,(H,16,17). The van der Waals surface area contributed by atoms with E-state index in [1.54, 1.807) is 6.07 Å². The molecule has 1 heterocycles. The Morgan fingerprint density at radius 3 is 2.82 bits per heavy atom. The van der Waals surface area contributed by atoms with Gasteiger partial charge >= 0.3 is 0 Å². The van der Waals surface area contributed by atoms with Crippen molar-refractivity contribution in [2.75, 3.05) is 0 Å². The number of carbonyl (C=O) groups excluding carboxylic acids is 1. The third-order valence-corrected chi connectivity index (χ3v) is 3.07. The normalized spacial score (nSPS) is 16.2. The summed E-state index contributed by atoms with van der Waals surface area (Å²) in [6, 6.07) is 3.84. The van der Waals surface area contributed by atoms with E-state index in [4.69, 9.17) is 5.26 Å². The molecule has 17 heavy (non-hydrogen) atoms. The lowest BCUT2D eigenvalue weighted by atomic mass is 9.95. The summed E-state index contributed by atoms with van der Waals surface area (Å²) in [6.45, 7) is 0. The van der Waals surface area contributed by atoms with Crippen molar-refractivity contribution in [1.29, 1.82) is 5.26 Å². The molecule has 0 unspecified atom stereocenters. The zero-order valence-electron chi connectivity index (χ0n) is 9.65. The molecule has 0 aromatic carbocycles. The minimum atomic E-state index is -0.124. The number of amides is 1. The van der Waals surface area contributed by atoms with Gasteiger partial charge in [0.25, 0.3) is 5.91 Å². The molecular weight excluding hydrogens is 214 g/mol. The summed E-state index contributed by atoms with van der Waals surface area (Å²) in [7, 11) is 0. The average Bonchev–Trinajstić information content (AvgIpc) is 2.40. The first-order chi connectivity index (χ1) is 8.29. The zero-order chi connectivity index (χ0) is 12.1. The van der Waals surface area contributed by atoms with Gasteiger partial charge in [-0.05, 0) is 18.9 Å². The molecule has 0 saturated heterocycles. The summed E-state index contributed by atoms with van der Waals surface area (Å²) < 4.78 is 0. The first kappa shape index (κ1) is 11.6. The largest absolute Gasteiger partial charge is 0.349 e. The molecule has 0 atom stereocenters. The minimum absolute atomic E-state index is 0.124. The number of nitrogens with zero attached hydrogens (tertiary/aromatic N) is 2. The lowest BCUT2D eigenvalue weighted by molar-refractivity contribution is 0.0927. The van der Waals surface area contributed by atoms with Crippen LogP contribution in [0.3, 0.4) is 0 Å². The molecule has 1 aromatic rings. The molecule has 0 spiro atoms. The van der Waals surface area contributed by atoms with Crippen LogP contribution < -0.4 is 5.32 Å². The fourth-order valence-electron chi connectivity index (χ4n) is 2.14. The molecule has 1 aliphatic rings. The molecule has 1 aliphatic carbocycles. The van der Waals surface area contributed by atoms with Gasteiger partial charge in [0.2, 0.25) is 0 Å². The van der Waals surface area contributed by atoms with E-state index < -0.39 is 0 Å². The van der Waals surface area contributed by atoms with E-state index in [0.29, 0.717) is 11.1 Å². The quantitative estimate of drug-likeness (QED) is 0.843. The van der Waals surface area contributed by atoms with Crippen molar-refractivity contribution >= 4 is 5.91 Å². The van der Waals surface area contributed by atoms with E-state index in [9.17, 15) is 4.79 Å². The minimum Gasteiger partial charge on any atom is -0.349 e. The van der Waals surface area contributed by atoms with E-state index in [2.05, 4.69) is 10.3 Å². The van der Waals surface area contributed by atoms with Crippen LogP contribution in [0, 0.1) is 11.3 Å². The molecule has 4 heteroatoms. The fourth-order valence-corrected chi connectivity index (χ4v) is 2.14. The molecule has 1 saturated carbocycles. The molecule has 2 rings (SSSR count). The second-order valence-corrected chi connectivity index (χ2v) is 4.38. The van der Waals surface area contributed by atoms with Crippen LogP contribution in [0.2, 0.25) is 0 Å². The maximum Gasteiger partial charge on any atom is 0.253 e. The highest BCUT2D eigenvalue weighted by atomic mass is 16.1. The van der Waals surface area contributed by atoms with Crippen LogP contribution in [0.4, 0.5) is 0 Å². The Morgan fingerprint density at radius 1 is 1.35 bits per heavy atom. The topological polar surface area (TPSA) is 65.8 Å². The van der Waals surface area contributed by atoms with Gasteiger partial charge in [-0.15, -0.1) is 0 Å². The van der Waals surface area contributed by atoms with Crippen molar-refractivity contribution < 1.29 is 4.79 Å². The van der Waals surface area contributed by atoms with Crippen LogP contribution in [0.25, 0.3) is 0 Å². The molecular formula is C13H15N3O. The van der Waals surface area contributed by atoms with Crippen LogP contribution in [-0.2, 0) is 0 Å². The summed E-state index contributed by atoms with van der Waals surface area (Å²) in [5, 5.41) is 11.7. The van der Waals surface area contributed by atoms with E-state index >= 15 is 0 Å². The predicted octanol–water partition coefficient (Wildman–Crippen LogP) is 2.02. The Kier molecular flexibility index (Phi) is 3.71. The molecule has 1 N–H and O–H groups in total. The Labute approximate surface area is 101 Å². The summed E-state index contributed by atoms with van der Waals surface area (Å²) in [4.78, 5) is 15.8. The van der Waals surface area contributed by atoms with Gasteiger partial charge < -0.3 is 5.32 Å². The Balaban J connectivity index is 2.01. The van der Waals surface area contributed by atoms with Crippen molar-refractivity contribution in [3.05, 3.63) is 29.6 Å². The molecule has 1 fully saturated rings. The highest BCUT2D eigenvalue weighted by Gasteiger charge is 2.16. The van der Waals surface area contributed by atoms with E-state index in [-0.39, 0.29) is 11.9 Å². The van der Waals surface area contributed by atoms with Crippen LogP contribution in [0.15, 0.2) is 18.5 Å². The van der Waals surface area contributed by atoms with Gasteiger partial charge in [-0.25, -0.2) is 0 Å². The van der Waals surface area contributed by atoms with Gasteiger partial charge in [0, 0.05) is 18.4 Å². The molecule has 1 aromatic heterocycles. The number of nitrogens with one attached hydrogen (secondary N) is 1. The number of carbonyl (C=O) groups is 1. The summed E-state index contributed by atoms with van der Waals surface area (Å²) in [6.07, 6.45) is 8.69. The summed E-state index contributed by atoms with van der Waals surface area (Å²) in [5.74, 6) is -0.124. The average molecular weight is 229 g/mol. The van der Waals surface area contributed by atoms with Crippen molar-refractivity contribution in [3.8, 4) is 6.07 Å². The first-order valence-corrected chi connectivity index (χ1v) is 5.95. The Morgan fingerprint density at radius 2 is 2.12 bits per heavy atom. The van der Waals surface area contributed by atoms with Gasteiger partial charge in [-0.1, -0.05) is 19.3 Å². The van der Waals surface area contributed by atoms with Crippen LogP contribution in [0.1, 0.15) is 48.0 Å². The highest BCUT2D eigenvalue weighted by molar-refractivity contribution is 5.94. The number of hydrogen-bond acceptors (Lipinski definition) is 3. The van der Waals surface area contributed by atoms with Gasteiger partial charge in [0.1, 0.15) is 6.07 Å². The highest BCUT2D eigenvalue weighted by Crippen LogP contribution is 2.17. The maximum absolute atomic E-state index is 11.9. The Hall–Kier alpha value is -1.89. The molecule has 88 valence electrons. The van der Waals surface area contributed by atoms with Gasteiger partial charge in [0.15, 0.2) is 0 Å². The van der Waals surface area contributed by atoms with Crippen LogP contribution in [0.5, 0.6) is 0 Å². The molecule has 0 bridgehead atoms. The van der Waals surface area contributed by atoms with Gasteiger partial charge in [0.05, 0.1) is 11.1 Å². The number of aromatic nitrogens is 1. The third kappa shape index (κ3) is 3.04. The monoisotopic (exact) mass is 229 g/mol. The van der Waals surface area contributed by atoms with Gasteiger partial charge in [-0.2, -0.15) is 5.26 Å². The van der Waals surface area contributed by atoms with Crippen molar-refractivity contribution in [2.45, 2.75) is 38.1 Å². The molecule has 0 radical (unpaired) electrons. The number of rotatable bonds is 2. The van der Waals surface area contributed by atoms with Crippen molar-refractivity contribution in [1.82, 2.24) is 10.3 Å². The predicted molar refractivity (Wildman–Crippen MR) is 63.3 cm³/mol. The first-order valence-electron chi connectivity index (χ1n) is 5.95. The van der Waals surface area contributed by atoms with Gasteiger partial charge in [-0.3, -0.25) is 9.78 Å². The smallest absolute Gasteiger partial charge is 0.253 e. The second kappa shape index (κ2) is 5.44. The fraction of sp³-hybridized carbons (Fsp3) is 0.462. The number of pyridine rings is 1. The lowest BCUT2D eigenvalue weighted by Crippen LogP contribution is -2.36. The maximum atomic E-state index is 11.9. The second-order valence-electron chi connectivity index (χ2n) is 4.38. The SMILES string of the molecule is N#Cc1cncc(C(=O)NC2CCCCC2)c1. The van der Waals surface area contributed by atoms with E-state index in [1.165, 1.54) is 31.7 Å². The summed E-state index contributed by atoms with van der Waals surface area (Å²) >= 11 is 0. The molecule has 1 amide bonds. The Bertz CT molecular complexity index is 444. The lowest BCUT2D eigenvalue weighted by Gasteiger charge is -2.22. The van der Waals surface area contributed by atoms with Crippen LogP contribution >= 0.6 is 0 Å². The van der Waals surface area contributed by atoms with Crippen molar-refractivity contribution in [3.63, 3.8) is 0 Å². The zero-order valence-corrected chi connectivity index (χ0v) is 9.65. The van der Waals surface area contributed by atoms with Crippen LogP contribution in [-0.4, -0.2) is 16.9 Å². The third-order valence-electron chi connectivity index (χ3n) is 3.07. The summed E-state index contributed by atoms with van der Waals surface area (Å²) in [5.41, 5.74) is 0.885. The van der Waals surface area contributed by atoms with E-state index in [1.807, 2.05) is 6.07 Å². The number of hydrogen-bond donors (Lipinski definition) is 1. The van der Waals surface area contributed by atoms with E-state index in [0.717, 1.165) is 12.8 Å². The molecule has 4 nitrogen and oxygen atoms in total. The number of nitriles is 1.